The molecule has 1 N–H and O–H groups in total. The van der Waals surface area contributed by atoms with E-state index in [1.54, 1.807) is 12.3 Å². The van der Waals surface area contributed by atoms with Gasteiger partial charge < -0.3 is 14.4 Å². The molecule has 2 aromatic heterocycles. The number of fused-ring (bicyclic) bond motifs is 2. The Morgan fingerprint density at radius 2 is 1.97 bits per heavy atom. The van der Waals surface area contributed by atoms with Gasteiger partial charge in [-0.15, -0.1) is 0 Å². The van der Waals surface area contributed by atoms with Crippen molar-refractivity contribution in [2.75, 3.05) is 24.7 Å². The van der Waals surface area contributed by atoms with E-state index >= 15 is 0 Å². The second-order valence-electron chi connectivity index (χ2n) is 9.69. The number of nitrogens with one attached hydrogen (secondary N) is 1. The fraction of sp³-hybridized carbons (Fsp3) is 0.417. The Balaban J connectivity index is 1.50. The topological polar surface area (TPSA) is 102 Å². The monoisotopic (exact) mass is 502 g/mol. The molecule has 0 unspecified atom stereocenters. The molecule has 5 rings (SSSR count). The summed E-state index contributed by atoms with van der Waals surface area (Å²) in [6.45, 7) is 6.05. The lowest BCUT2D eigenvalue weighted by Gasteiger charge is -2.30. The zero-order valence-electron chi connectivity index (χ0n) is 19.7. The van der Waals surface area contributed by atoms with E-state index in [4.69, 9.17) is 9.47 Å². The summed E-state index contributed by atoms with van der Waals surface area (Å²) in [6, 6.07) is 6.35. The molecule has 0 bridgehead atoms. The van der Waals surface area contributed by atoms with Gasteiger partial charge in [0.05, 0.1) is 28.1 Å². The van der Waals surface area contributed by atoms with E-state index in [1.165, 1.54) is 43.6 Å². The van der Waals surface area contributed by atoms with Crippen LogP contribution in [-0.2, 0) is 10.0 Å². The van der Waals surface area contributed by atoms with E-state index in [2.05, 4.69) is 14.7 Å². The Morgan fingerprint density at radius 3 is 2.74 bits per heavy atom. The van der Waals surface area contributed by atoms with E-state index in [9.17, 15) is 17.6 Å². The van der Waals surface area contributed by atoms with Gasteiger partial charge in [-0.3, -0.25) is 4.79 Å². The smallest absolute Gasteiger partial charge is 0.268 e. The number of carbonyl (C=O) groups is 1. The Kier molecular flexibility index (Phi) is 5.62. The molecule has 2 aliphatic rings. The van der Waals surface area contributed by atoms with Gasteiger partial charge in [0.1, 0.15) is 19.0 Å². The van der Waals surface area contributed by atoms with Crippen molar-refractivity contribution in [1.82, 2.24) is 14.3 Å². The highest BCUT2D eigenvalue weighted by Crippen LogP contribution is 2.45. The van der Waals surface area contributed by atoms with Gasteiger partial charge >= 0.3 is 0 Å². The first kappa shape index (κ1) is 23.4. The van der Waals surface area contributed by atoms with Gasteiger partial charge in [-0.25, -0.2) is 22.0 Å². The van der Waals surface area contributed by atoms with Crippen LogP contribution >= 0.6 is 0 Å². The Bertz CT molecular complexity index is 1410. The van der Waals surface area contributed by atoms with Crippen LogP contribution in [0.4, 0.5) is 10.1 Å². The minimum atomic E-state index is -3.88. The summed E-state index contributed by atoms with van der Waals surface area (Å²) in [5.41, 5.74) is 2.15. The normalized spacial score (nSPS) is 18.2. The number of ether oxygens (including phenoxy) is 2. The molecule has 1 amide bonds. The number of rotatable bonds is 4. The minimum absolute atomic E-state index is 0.148. The van der Waals surface area contributed by atoms with Crippen molar-refractivity contribution in [3.05, 3.63) is 53.6 Å². The summed E-state index contributed by atoms with van der Waals surface area (Å²) in [5, 5.41) is 4.20. The molecule has 1 fully saturated rings. The lowest BCUT2D eigenvalue weighted by molar-refractivity contribution is 0.0982. The van der Waals surface area contributed by atoms with E-state index < -0.39 is 20.7 Å². The number of hydrogen-bond acceptors (Lipinski definition) is 7. The van der Waals surface area contributed by atoms with Crippen LogP contribution in [0.1, 0.15) is 55.6 Å². The molecule has 3 aromatic rings. The first-order valence-corrected chi connectivity index (χ1v) is 12.9. The molecule has 0 spiro atoms. The summed E-state index contributed by atoms with van der Waals surface area (Å²) in [4.78, 5) is 15.0. The summed E-state index contributed by atoms with van der Waals surface area (Å²) in [7, 11) is -3.88. The molecule has 4 heterocycles. The van der Waals surface area contributed by atoms with Crippen LogP contribution in [0.5, 0.6) is 11.5 Å². The lowest BCUT2D eigenvalue weighted by atomic mass is 10.0. The van der Waals surface area contributed by atoms with Gasteiger partial charge in [-0.2, -0.15) is 5.10 Å². The largest absolute Gasteiger partial charge is 0.486 e. The van der Waals surface area contributed by atoms with Gasteiger partial charge in [0.25, 0.3) is 5.91 Å². The molecule has 9 nitrogen and oxygen atoms in total. The lowest BCUT2D eigenvalue weighted by Crippen LogP contribution is -2.42. The average Bonchev–Trinajstić information content (AvgIpc) is 3.44. The number of halogens is 1. The molecule has 11 heteroatoms. The first-order valence-electron chi connectivity index (χ1n) is 11.4. The third kappa shape index (κ3) is 4.18. The quantitative estimate of drug-likeness (QED) is 0.583. The van der Waals surface area contributed by atoms with E-state index in [-0.39, 0.29) is 17.4 Å². The van der Waals surface area contributed by atoms with Crippen LogP contribution in [0.2, 0.25) is 0 Å². The molecule has 186 valence electrons. The highest BCUT2D eigenvalue weighted by molar-refractivity contribution is 7.91. The predicted octanol–water partition coefficient (Wildman–Crippen LogP) is 3.44. The molecule has 2 aliphatic heterocycles. The Labute approximate surface area is 202 Å². The molecule has 0 radical (unpaired) electrons. The second-order valence-corrected chi connectivity index (χ2v) is 12.1. The average molecular weight is 503 g/mol. The molecule has 0 aliphatic carbocycles. The predicted molar refractivity (Wildman–Crippen MR) is 128 cm³/mol. The highest BCUT2D eigenvalue weighted by atomic mass is 32.2. The fourth-order valence-corrected chi connectivity index (χ4v) is 5.11. The number of anilines is 1. The summed E-state index contributed by atoms with van der Waals surface area (Å²) in [5.74, 6) is -0.160. The zero-order valence-corrected chi connectivity index (χ0v) is 20.6. The second kappa shape index (κ2) is 8.40. The number of hydrogen-bond donors (Lipinski definition) is 1. The third-order valence-corrected chi connectivity index (χ3v) is 8.43. The maximum atomic E-state index is 14.4. The van der Waals surface area contributed by atoms with Crippen LogP contribution in [0.25, 0.3) is 5.52 Å². The van der Waals surface area contributed by atoms with Crippen molar-refractivity contribution < 1.29 is 27.1 Å². The molecular weight excluding hydrogens is 475 g/mol. The van der Waals surface area contributed by atoms with Crippen molar-refractivity contribution >= 4 is 27.1 Å². The van der Waals surface area contributed by atoms with Crippen molar-refractivity contribution in [3.63, 3.8) is 0 Å². The Morgan fingerprint density at radius 1 is 1.20 bits per heavy atom. The standard InChI is InChI=1S/C24H27FN4O5S/c1-24(2,3)35(31,32)27-23(30)18-14-26-29-8-6-16(13-20(18)29)28-7-4-5-19(28)17-11-15(25)12-21-22(17)34-10-9-33-21/h6,8,11-14,19H,4-5,7,9-10H2,1-3H3,(H,27,30)/t19-/m1/s1. The van der Waals surface area contributed by atoms with Gasteiger partial charge in [0, 0.05) is 30.1 Å². The van der Waals surface area contributed by atoms with E-state index in [0.29, 0.717) is 30.2 Å². The molecule has 1 aromatic carbocycles. The number of amides is 1. The zero-order chi connectivity index (χ0) is 25.0. The van der Waals surface area contributed by atoms with Gasteiger partial charge in [-0.1, -0.05) is 0 Å². The number of aromatic nitrogens is 2. The summed E-state index contributed by atoms with van der Waals surface area (Å²) >= 11 is 0. The SMILES string of the molecule is CC(C)(C)S(=O)(=O)NC(=O)c1cnn2ccc(N3CCC[C@@H]3c3cc(F)cc4c3OCCO4)cc12. The molecule has 1 atom stereocenters. The number of pyridine rings is 1. The van der Waals surface area contributed by atoms with Gasteiger partial charge in [0.2, 0.25) is 10.0 Å². The summed E-state index contributed by atoms with van der Waals surface area (Å²) in [6.07, 6.45) is 4.75. The van der Waals surface area contributed by atoms with Crippen molar-refractivity contribution in [1.29, 1.82) is 0 Å². The Hall–Kier alpha value is -3.34. The van der Waals surface area contributed by atoms with Crippen LogP contribution in [0.3, 0.4) is 0 Å². The van der Waals surface area contributed by atoms with E-state index in [0.717, 1.165) is 30.6 Å². The van der Waals surface area contributed by atoms with Gasteiger partial charge in [0.15, 0.2) is 11.5 Å². The van der Waals surface area contributed by atoms with Crippen molar-refractivity contribution in [2.45, 2.75) is 44.4 Å². The first-order chi connectivity index (χ1) is 16.5. The third-order valence-electron chi connectivity index (χ3n) is 6.36. The molecule has 35 heavy (non-hydrogen) atoms. The highest BCUT2D eigenvalue weighted by Gasteiger charge is 2.33. The molecular formula is C24H27FN4O5S. The maximum absolute atomic E-state index is 14.4. The van der Waals surface area contributed by atoms with Crippen LogP contribution in [-0.4, -0.2) is 48.4 Å². The van der Waals surface area contributed by atoms with Gasteiger partial charge in [-0.05, 0) is 51.8 Å². The fourth-order valence-electron chi connectivity index (χ4n) is 4.45. The number of nitrogens with zero attached hydrogens (tertiary/aromatic N) is 3. The van der Waals surface area contributed by atoms with Crippen LogP contribution in [0.15, 0.2) is 36.7 Å². The van der Waals surface area contributed by atoms with Crippen molar-refractivity contribution in [3.8, 4) is 11.5 Å². The van der Waals surface area contributed by atoms with Crippen LogP contribution < -0.4 is 19.1 Å². The number of sulfonamides is 1. The van der Waals surface area contributed by atoms with Crippen LogP contribution in [0, 0.1) is 5.82 Å². The van der Waals surface area contributed by atoms with Crippen molar-refractivity contribution in [2.24, 2.45) is 0 Å². The molecule has 0 saturated carbocycles. The summed E-state index contributed by atoms with van der Waals surface area (Å²) < 4.78 is 53.4. The number of carbonyl (C=O) groups excluding carboxylic acids is 1. The number of benzene rings is 1. The minimum Gasteiger partial charge on any atom is -0.486 e. The maximum Gasteiger partial charge on any atom is 0.268 e. The molecule has 1 saturated heterocycles. The van der Waals surface area contributed by atoms with E-state index in [1.807, 2.05) is 6.07 Å².